The molecule has 1 saturated carbocycles. The summed E-state index contributed by atoms with van der Waals surface area (Å²) >= 11 is 0. The molecule has 0 spiro atoms. The van der Waals surface area contributed by atoms with E-state index in [-0.39, 0.29) is 36.9 Å². The predicted octanol–water partition coefficient (Wildman–Crippen LogP) is 2.82. The summed E-state index contributed by atoms with van der Waals surface area (Å²) in [5.41, 5.74) is 4.06. The van der Waals surface area contributed by atoms with Crippen molar-refractivity contribution in [2.24, 2.45) is 0 Å². The van der Waals surface area contributed by atoms with Crippen LogP contribution in [-0.4, -0.2) is 104 Å². The van der Waals surface area contributed by atoms with Gasteiger partial charge in [-0.15, -0.1) is 22.6 Å². The number of hydrogen-bond donors (Lipinski definition) is 5. The first-order valence-electron chi connectivity index (χ1n) is 18.2. The topological polar surface area (TPSA) is 210 Å². The number of carbonyl (C=O) groups is 1. The molecule has 1 aliphatic heterocycles. The van der Waals surface area contributed by atoms with Gasteiger partial charge < -0.3 is 35.6 Å². The zero-order valence-corrected chi connectivity index (χ0v) is 30.9. The number of hydrogen-bond acceptors (Lipinski definition) is 13. The van der Waals surface area contributed by atoms with E-state index in [9.17, 15) is 15.0 Å². The van der Waals surface area contributed by atoms with Gasteiger partial charge >= 0.3 is 6.03 Å². The van der Waals surface area contributed by atoms with Crippen LogP contribution in [0.2, 0.25) is 0 Å². The highest BCUT2D eigenvalue weighted by Gasteiger charge is 2.45. The van der Waals surface area contributed by atoms with Gasteiger partial charge in [0, 0.05) is 44.2 Å². The van der Waals surface area contributed by atoms with Crippen molar-refractivity contribution in [2.75, 3.05) is 29.9 Å². The van der Waals surface area contributed by atoms with Gasteiger partial charge in [0.05, 0.1) is 24.6 Å². The number of anilines is 2. The lowest BCUT2D eigenvalue weighted by Gasteiger charge is -2.22. The van der Waals surface area contributed by atoms with E-state index < -0.39 is 24.3 Å². The number of aromatic nitrogens is 10. The van der Waals surface area contributed by atoms with Crippen LogP contribution in [-0.2, 0) is 13.0 Å². The molecule has 55 heavy (non-hydrogen) atoms. The Balaban J connectivity index is 0.00000465. The molecule has 286 valence electrons. The Kier molecular flexibility index (Phi) is 11.4. The number of aryl methyl sites for hydroxylation is 1. The number of benzene rings is 2. The molecule has 18 heteroatoms. The molecular weight excluding hydrogens is 724 g/mol. The van der Waals surface area contributed by atoms with Crippen LogP contribution in [0, 0.1) is 0 Å². The summed E-state index contributed by atoms with van der Waals surface area (Å²) in [5, 5.41) is 44.7. The van der Waals surface area contributed by atoms with Crippen molar-refractivity contribution in [2.45, 2.75) is 69.0 Å². The average Bonchev–Trinajstić information content (AvgIpc) is 4.03. The number of nitrogens with one attached hydrogen (secondary N) is 3. The van der Waals surface area contributed by atoms with Gasteiger partial charge in [-0.05, 0) is 35.2 Å². The number of carbonyl (C=O) groups excluding carboxylic acids is 1. The monoisotopic (exact) mass is 766 g/mol. The SMILES string of the molecule is CCc1nnn([C@H]2C[C@@H](n3cnc4c(NCC(c5ccccc5)c5ccccc5)nc(N5CCC(NC(=O)NCc6ccncn6)C5)nc43)[C@H](O)[C@@H]2O)n1.Cl. The fourth-order valence-corrected chi connectivity index (χ4v) is 7.33. The highest BCUT2D eigenvalue weighted by atomic mass is 35.5. The number of aliphatic hydroxyl groups is 2. The number of imidazole rings is 1. The van der Waals surface area contributed by atoms with E-state index in [0.717, 1.165) is 11.1 Å². The van der Waals surface area contributed by atoms with Crippen LogP contribution in [0.1, 0.15) is 60.4 Å². The highest BCUT2D eigenvalue weighted by molar-refractivity contribution is 5.85. The molecule has 8 rings (SSSR count). The van der Waals surface area contributed by atoms with Crippen LogP contribution in [0.4, 0.5) is 16.6 Å². The minimum atomic E-state index is -1.14. The van der Waals surface area contributed by atoms with Crippen molar-refractivity contribution in [3.05, 3.63) is 108 Å². The Bertz CT molecular complexity index is 2130. The molecular formula is C37H43ClN14O3. The van der Waals surface area contributed by atoms with E-state index >= 15 is 0 Å². The lowest BCUT2D eigenvalue weighted by atomic mass is 9.91. The third-order valence-electron chi connectivity index (χ3n) is 10.2. The lowest BCUT2D eigenvalue weighted by Crippen LogP contribution is -2.43. The van der Waals surface area contributed by atoms with E-state index in [1.807, 2.05) is 52.8 Å². The van der Waals surface area contributed by atoms with Crippen molar-refractivity contribution in [1.82, 2.24) is 60.3 Å². The average molecular weight is 767 g/mol. The molecule has 2 amide bonds. The summed E-state index contributed by atoms with van der Waals surface area (Å²) in [6.07, 6.45) is 4.08. The molecule has 1 saturated heterocycles. The number of fused-ring (bicyclic) bond motifs is 1. The molecule has 1 unspecified atom stereocenters. The lowest BCUT2D eigenvalue weighted by molar-refractivity contribution is 0.00473. The standard InChI is InChI=1S/C37H42N14O3.ClH/c1-2-30-46-48-51(47-30)29-17-28(32(52)33(29)53)50-22-42-31-34(39-19-27(23-9-5-3-6-10-23)24-11-7-4-8-12-24)44-36(45-35(31)50)49-16-14-26(20-49)43-37(54)40-18-25-13-15-38-21-41-25;/h3-13,15,21-22,26-29,32-33,52-53H,2,14,16-20H2,1H3,(H,39,44,45)(H2,40,43,54);1H/t26?,28-,29+,32+,33-;/m1./s1. The Labute approximate surface area is 323 Å². The van der Waals surface area contributed by atoms with Gasteiger partial charge in [0.15, 0.2) is 22.8 Å². The molecule has 2 aromatic carbocycles. The predicted molar refractivity (Wildman–Crippen MR) is 206 cm³/mol. The van der Waals surface area contributed by atoms with Crippen LogP contribution >= 0.6 is 12.4 Å². The van der Waals surface area contributed by atoms with Gasteiger partial charge in [0.1, 0.15) is 24.6 Å². The summed E-state index contributed by atoms with van der Waals surface area (Å²) in [6, 6.07) is 20.8. The van der Waals surface area contributed by atoms with E-state index in [0.29, 0.717) is 73.3 Å². The van der Waals surface area contributed by atoms with Crippen LogP contribution in [0.3, 0.4) is 0 Å². The van der Waals surface area contributed by atoms with Crippen LogP contribution in [0.5, 0.6) is 0 Å². The number of amides is 2. The molecule has 5 atom stereocenters. The highest BCUT2D eigenvalue weighted by Crippen LogP contribution is 2.40. The maximum atomic E-state index is 12.8. The minimum absolute atomic E-state index is 0. The van der Waals surface area contributed by atoms with Gasteiger partial charge in [0.2, 0.25) is 5.95 Å². The number of urea groups is 1. The summed E-state index contributed by atoms with van der Waals surface area (Å²) < 4.78 is 1.81. The molecule has 5 N–H and O–H groups in total. The summed E-state index contributed by atoms with van der Waals surface area (Å²) in [4.78, 5) is 39.1. The smallest absolute Gasteiger partial charge is 0.315 e. The van der Waals surface area contributed by atoms with Gasteiger partial charge in [0.25, 0.3) is 0 Å². The molecule has 1 aliphatic carbocycles. The number of aliphatic hydroxyl groups excluding tert-OH is 2. The number of nitrogens with zero attached hydrogens (tertiary/aromatic N) is 11. The molecule has 2 aliphatic rings. The minimum Gasteiger partial charge on any atom is -0.388 e. The van der Waals surface area contributed by atoms with Crippen LogP contribution < -0.4 is 20.9 Å². The largest absolute Gasteiger partial charge is 0.388 e. The summed E-state index contributed by atoms with van der Waals surface area (Å²) in [6.45, 7) is 3.83. The van der Waals surface area contributed by atoms with Crippen molar-refractivity contribution >= 4 is 41.4 Å². The van der Waals surface area contributed by atoms with Gasteiger partial charge in [-0.2, -0.15) is 14.8 Å². The fraction of sp³-hybridized carbons (Fsp3) is 0.378. The molecule has 5 heterocycles. The summed E-state index contributed by atoms with van der Waals surface area (Å²) in [7, 11) is 0. The first-order valence-corrected chi connectivity index (χ1v) is 18.2. The Morgan fingerprint density at radius 2 is 1.71 bits per heavy atom. The van der Waals surface area contributed by atoms with Crippen LogP contribution in [0.25, 0.3) is 11.2 Å². The van der Waals surface area contributed by atoms with Crippen molar-refractivity contribution in [3.63, 3.8) is 0 Å². The van der Waals surface area contributed by atoms with E-state index in [2.05, 4.69) is 65.6 Å². The third kappa shape index (κ3) is 8.04. The molecule has 0 bridgehead atoms. The van der Waals surface area contributed by atoms with Crippen molar-refractivity contribution < 1.29 is 15.0 Å². The number of rotatable bonds is 12. The maximum absolute atomic E-state index is 12.8. The number of tetrazole rings is 1. The molecule has 6 aromatic rings. The molecule has 2 fully saturated rings. The van der Waals surface area contributed by atoms with Gasteiger partial charge in [-0.25, -0.2) is 19.7 Å². The van der Waals surface area contributed by atoms with Crippen molar-refractivity contribution in [3.8, 4) is 0 Å². The maximum Gasteiger partial charge on any atom is 0.315 e. The molecule has 17 nitrogen and oxygen atoms in total. The first kappa shape index (κ1) is 37.5. The van der Waals surface area contributed by atoms with Crippen LogP contribution in [0.15, 0.2) is 85.6 Å². The Morgan fingerprint density at radius 3 is 2.40 bits per heavy atom. The second-order valence-corrected chi connectivity index (χ2v) is 13.6. The van der Waals surface area contributed by atoms with E-state index in [4.69, 9.17) is 15.0 Å². The third-order valence-corrected chi connectivity index (χ3v) is 10.2. The van der Waals surface area contributed by atoms with Gasteiger partial charge in [-0.3, -0.25) is 0 Å². The zero-order valence-electron chi connectivity index (χ0n) is 30.1. The second kappa shape index (κ2) is 16.7. The number of halogens is 1. The fourth-order valence-electron chi connectivity index (χ4n) is 7.33. The molecule has 0 radical (unpaired) electrons. The molecule has 4 aromatic heterocycles. The second-order valence-electron chi connectivity index (χ2n) is 13.6. The van der Waals surface area contributed by atoms with Crippen molar-refractivity contribution in [1.29, 1.82) is 0 Å². The normalized spacial score (nSPS) is 20.8. The van der Waals surface area contributed by atoms with Gasteiger partial charge in [-0.1, -0.05) is 67.6 Å². The zero-order chi connectivity index (χ0) is 37.0. The Hall–Kier alpha value is -5.78. The quantitative estimate of drug-likeness (QED) is 0.122. The van der Waals surface area contributed by atoms with E-state index in [1.54, 1.807) is 18.6 Å². The summed E-state index contributed by atoms with van der Waals surface area (Å²) in [5.74, 6) is 1.58. The van der Waals surface area contributed by atoms with E-state index in [1.165, 1.54) is 11.1 Å². The first-order chi connectivity index (χ1) is 26.4. The Morgan fingerprint density at radius 1 is 0.964 bits per heavy atom.